The zero-order valence-corrected chi connectivity index (χ0v) is 15.9. The van der Waals surface area contributed by atoms with Crippen LogP contribution >= 0.6 is 0 Å². The number of aromatic nitrogens is 1. The molecule has 8 nitrogen and oxygen atoms in total. The van der Waals surface area contributed by atoms with Crippen LogP contribution in [0.25, 0.3) is 0 Å². The van der Waals surface area contributed by atoms with Crippen molar-refractivity contribution in [3.8, 4) is 0 Å². The summed E-state index contributed by atoms with van der Waals surface area (Å²) in [5.41, 5.74) is 1.74. The van der Waals surface area contributed by atoms with Gasteiger partial charge in [-0.25, -0.2) is 4.79 Å². The average Bonchev–Trinajstić information content (AvgIpc) is 3.08. The fourth-order valence-corrected chi connectivity index (χ4v) is 3.47. The lowest BCUT2D eigenvalue weighted by Crippen LogP contribution is -2.48. The van der Waals surface area contributed by atoms with Gasteiger partial charge in [0.1, 0.15) is 17.4 Å². The van der Waals surface area contributed by atoms with E-state index in [9.17, 15) is 19.5 Å². The molecule has 2 amide bonds. The highest BCUT2D eigenvalue weighted by Gasteiger charge is 2.32. The normalized spacial score (nSPS) is 16.6. The van der Waals surface area contributed by atoms with E-state index in [4.69, 9.17) is 4.52 Å². The molecule has 0 spiro atoms. The highest BCUT2D eigenvalue weighted by molar-refractivity contribution is 6.06. The third-order valence-corrected chi connectivity index (χ3v) is 4.91. The van der Waals surface area contributed by atoms with Gasteiger partial charge in [0, 0.05) is 17.8 Å². The van der Waals surface area contributed by atoms with E-state index in [2.05, 4.69) is 10.5 Å². The number of aliphatic carboxylic acids is 1. The lowest BCUT2D eigenvalue weighted by Gasteiger charge is -2.33. The third kappa shape index (κ3) is 3.90. The average molecular weight is 385 g/mol. The second-order valence-corrected chi connectivity index (χ2v) is 6.80. The summed E-state index contributed by atoms with van der Waals surface area (Å²) in [4.78, 5) is 38.3. The van der Waals surface area contributed by atoms with Crippen molar-refractivity contribution in [2.75, 3.05) is 11.9 Å². The molecule has 1 fully saturated rings. The van der Waals surface area contributed by atoms with Crippen LogP contribution in [0, 0.1) is 6.92 Å². The van der Waals surface area contributed by atoms with Crippen molar-refractivity contribution in [3.05, 3.63) is 46.8 Å². The first-order valence-corrected chi connectivity index (χ1v) is 9.32. The number of hydrogen-bond donors (Lipinski definition) is 2. The number of aryl methyl sites for hydroxylation is 2. The van der Waals surface area contributed by atoms with Crippen LogP contribution in [0.4, 0.5) is 5.69 Å². The quantitative estimate of drug-likeness (QED) is 0.818. The Morgan fingerprint density at radius 2 is 2.11 bits per heavy atom. The minimum absolute atomic E-state index is 0.337. The minimum Gasteiger partial charge on any atom is -0.480 e. The molecule has 1 aliphatic rings. The van der Waals surface area contributed by atoms with E-state index in [0.29, 0.717) is 47.7 Å². The van der Waals surface area contributed by atoms with Gasteiger partial charge in [0.15, 0.2) is 0 Å². The summed E-state index contributed by atoms with van der Waals surface area (Å²) >= 11 is 0. The zero-order valence-electron chi connectivity index (χ0n) is 15.9. The number of rotatable bonds is 5. The number of carbonyl (C=O) groups excluding carboxylic acids is 2. The molecule has 0 saturated carbocycles. The molecule has 3 rings (SSSR count). The summed E-state index contributed by atoms with van der Waals surface area (Å²) in [7, 11) is 0. The van der Waals surface area contributed by atoms with Crippen molar-refractivity contribution < 1.29 is 24.0 Å². The Labute approximate surface area is 162 Å². The monoisotopic (exact) mass is 385 g/mol. The number of carboxylic acids is 1. The predicted molar refractivity (Wildman–Crippen MR) is 101 cm³/mol. The van der Waals surface area contributed by atoms with E-state index in [1.165, 1.54) is 4.90 Å². The summed E-state index contributed by atoms with van der Waals surface area (Å²) in [6.07, 6.45) is 2.57. The minimum atomic E-state index is -0.993. The van der Waals surface area contributed by atoms with Crippen LogP contribution < -0.4 is 5.32 Å². The van der Waals surface area contributed by atoms with Crippen LogP contribution in [-0.4, -0.2) is 45.5 Å². The summed E-state index contributed by atoms with van der Waals surface area (Å²) in [6, 6.07) is 5.69. The van der Waals surface area contributed by atoms with Crippen LogP contribution in [-0.2, 0) is 11.2 Å². The molecule has 1 aliphatic heterocycles. The van der Waals surface area contributed by atoms with Gasteiger partial charge in [-0.3, -0.25) is 9.59 Å². The number of anilines is 1. The predicted octanol–water partition coefficient (Wildman–Crippen LogP) is 2.88. The number of nitrogens with zero attached hydrogens (tertiary/aromatic N) is 2. The Balaban J connectivity index is 1.80. The fourth-order valence-electron chi connectivity index (χ4n) is 3.47. The molecule has 0 bridgehead atoms. The van der Waals surface area contributed by atoms with Gasteiger partial charge >= 0.3 is 5.97 Å². The third-order valence-electron chi connectivity index (χ3n) is 4.91. The number of likely N-dealkylation sites (tertiary alicyclic amines) is 1. The van der Waals surface area contributed by atoms with Crippen molar-refractivity contribution in [3.63, 3.8) is 0 Å². The molecule has 1 atom stereocenters. The van der Waals surface area contributed by atoms with Crippen LogP contribution in [0.3, 0.4) is 0 Å². The van der Waals surface area contributed by atoms with E-state index >= 15 is 0 Å². The van der Waals surface area contributed by atoms with Crippen molar-refractivity contribution in [2.45, 2.75) is 45.6 Å². The molecule has 2 aromatic rings. The molecule has 2 N–H and O–H groups in total. The van der Waals surface area contributed by atoms with Crippen molar-refractivity contribution >= 4 is 23.5 Å². The molecule has 2 heterocycles. The van der Waals surface area contributed by atoms with Gasteiger partial charge in [0.2, 0.25) is 0 Å². The van der Waals surface area contributed by atoms with E-state index in [1.54, 1.807) is 31.2 Å². The fraction of sp³-hybridized carbons (Fsp3) is 0.400. The second kappa shape index (κ2) is 8.24. The van der Waals surface area contributed by atoms with Gasteiger partial charge < -0.3 is 19.8 Å². The van der Waals surface area contributed by atoms with E-state index in [1.807, 2.05) is 6.92 Å². The summed E-state index contributed by atoms with van der Waals surface area (Å²) in [6.45, 7) is 3.96. The standard InChI is InChI=1S/C20H23N3O5/c1-3-15-17(12(2)28-22-15)18(24)21-14-8-6-7-13(11-14)19(25)23-10-5-4-9-16(23)20(26)27/h6-8,11,16H,3-5,9-10H2,1-2H3,(H,21,24)(H,26,27). The number of amides is 2. The Morgan fingerprint density at radius 3 is 2.82 bits per heavy atom. The van der Waals surface area contributed by atoms with Crippen LogP contribution in [0.5, 0.6) is 0 Å². The van der Waals surface area contributed by atoms with Gasteiger partial charge in [0.05, 0.1) is 5.69 Å². The Bertz CT molecular complexity index is 905. The first kappa shape index (κ1) is 19.6. The van der Waals surface area contributed by atoms with E-state index in [-0.39, 0.29) is 11.8 Å². The van der Waals surface area contributed by atoms with Crippen LogP contribution in [0.1, 0.15) is 58.4 Å². The Kier molecular flexibility index (Phi) is 5.77. The number of hydrogen-bond acceptors (Lipinski definition) is 5. The maximum absolute atomic E-state index is 12.9. The zero-order chi connectivity index (χ0) is 20.3. The highest BCUT2D eigenvalue weighted by atomic mass is 16.5. The lowest BCUT2D eigenvalue weighted by molar-refractivity contribution is -0.143. The number of nitrogens with one attached hydrogen (secondary N) is 1. The molecule has 28 heavy (non-hydrogen) atoms. The summed E-state index contributed by atoms with van der Waals surface area (Å²) < 4.78 is 5.09. The van der Waals surface area contributed by atoms with Crippen LogP contribution in [0.2, 0.25) is 0 Å². The lowest BCUT2D eigenvalue weighted by atomic mass is 10.0. The maximum atomic E-state index is 12.9. The molecule has 1 saturated heterocycles. The maximum Gasteiger partial charge on any atom is 0.326 e. The Morgan fingerprint density at radius 1 is 1.32 bits per heavy atom. The van der Waals surface area contributed by atoms with Gasteiger partial charge in [-0.1, -0.05) is 18.1 Å². The molecular formula is C20H23N3O5. The molecule has 1 aromatic carbocycles. The Hall–Kier alpha value is -3.16. The molecule has 148 valence electrons. The molecule has 8 heteroatoms. The van der Waals surface area contributed by atoms with Crippen molar-refractivity contribution in [1.82, 2.24) is 10.1 Å². The van der Waals surface area contributed by atoms with Gasteiger partial charge in [0.25, 0.3) is 11.8 Å². The van der Waals surface area contributed by atoms with Crippen molar-refractivity contribution in [1.29, 1.82) is 0 Å². The number of carboxylic acid groups (broad SMARTS) is 1. The first-order valence-electron chi connectivity index (χ1n) is 9.32. The highest BCUT2D eigenvalue weighted by Crippen LogP contribution is 2.22. The summed E-state index contributed by atoms with van der Waals surface area (Å²) in [5.74, 6) is -1.27. The molecule has 0 radical (unpaired) electrons. The largest absolute Gasteiger partial charge is 0.480 e. The van der Waals surface area contributed by atoms with Crippen molar-refractivity contribution in [2.24, 2.45) is 0 Å². The SMILES string of the molecule is CCc1noc(C)c1C(=O)Nc1cccc(C(=O)N2CCCCC2C(=O)O)c1. The van der Waals surface area contributed by atoms with E-state index < -0.39 is 12.0 Å². The molecule has 1 unspecified atom stereocenters. The smallest absolute Gasteiger partial charge is 0.326 e. The van der Waals surface area contributed by atoms with Gasteiger partial charge in [-0.2, -0.15) is 0 Å². The molecule has 1 aromatic heterocycles. The second-order valence-electron chi connectivity index (χ2n) is 6.80. The number of piperidine rings is 1. The first-order chi connectivity index (χ1) is 13.4. The topological polar surface area (TPSA) is 113 Å². The van der Waals surface area contributed by atoms with Gasteiger partial charge in [-0.05, 0) is 50.8 Å². The number of carbonyl (C=O) groups is 3. The number of benzene rings is 1. The summed E-state index contributed by atoms with van der Waals surface area (Å²) in [5, 5.41) is 16.0. The molecule has 0 aliphatic carbocycles. The van der Waals surface area contributed by atoms with E-state index in [0.717, 1.165) is 12.8 Å². The molecular weight excluding hydrogens is 362 g/mol. The van der Waals surface area contributed by atoms with Gasteiger partial charge in [-0.15, -0.1) is 0 Å². The van der Waals surface area contributed by atoms with Crippen LogP contribution in [0.15, 0.2) is 28.8 Å².